The quantitative estimate of drug-likeness (QED) is 0.873. The van der Waals surface area contributed by atoms with Gasteiger partial charge in [-0.05, 0) is 19.9 Å². The van der Waals surface area contributed by atoms with E-state index in [1.165, 1.54) is 11.3 Å². The molecular formula is C13H19ClN4OS. The number of rotatable bonds is 1. The van der Waals surface area contributed by atoms with Crippen LogP contribution in [0.2, 0.25) is 0 Å². The summed E-state index contributed by atoms with van der Waals surface area (Å²) in [4.78, 5) is 16.4. The van der Waals surface area contributed by atoms with E-state index in [1.54, 1.807) is 0 Å². The summed E-state index contributed by atoms with van der Waals surface area (Å²) in [5, 5.41) is 8.77. The van der Waals surface area contributed by atoms with E-state index in [1.807, 2.05) is 29.6 Å². The molecule has 1 N–H and O–H groups in total. The van der Waals surface area contributed by atoms with Crippen LogP contribution in [-0.4, -0.2) is 46.3 Å². The summed E-state index contributed by atoms with van der Waals surface area (Å²) in [6.07, 6.45) is 0. The van der Waals surface area contributed by atoms with Gasteiger partial charge in [0.15, 0.2) is 0 Å². The summed E-state index contributed by atoms with van der Waals surface area (Å²) in [6, 6.07) is 2.24. The van der Waals surface area contributed by atoms with Crippen molar-refractivity contribution in [3.05, 3.63) is 16.6 Å². The van der Waals surface area contributed by atoms with E-state index >= 15 is 0 Å². The SMILES string of the molecule is Cc1nn(C)c2sc(C(=O)N3CCNCC3C)cc12.Cl. The van der Waals surface area contributed by atoms with Crippen LogP contribution in [0.3, 0.4) is 0 Å². The van der Waals surface area contributed by atoms with Crippen LogP contribution in [0.15, 0.2) is 6.07 Å². The zero-order chi connectivity index (χ0) is 13.6. The number of amides is 1. The maximum atomic E-state index is 12.6. The summed E-state index contributed by atoms with van der Waals surface area (Å²) in [5.41, 5.74) is 0.987. The number of thiophene rings is 1. The molecule has 1 fully saturated rings. The molecule has 1 aliphatic heterocycles. The number of hydrogen-bond donors (Lipinski definition) is 1. The zero-order valence-electron chi connectivity index (χ0n) is 11.8. The Morgan fingerprint density at radius 2 is 2.30 bits per heavy atom. The van der Waals surface area contributed by atoms with Gasteiger partial charge < -0.3 is 10.2 Å². The van der Waals surface area contributed by atoms with Gasteiger partial charge in [0.1, 0.15) is 4.83 Å². The molecule has 3 heterocycles. The molecule has 0 saturated carbocycles. The molecule has 1 atom stereocenters. The van der Waals surface area contributed by atoms with Crippen LogP contribution in [0.4, 0.5) is 0 Å². The smallest absolute Gasteiger partial charge is 0.264 e. The van der Waals surface area contributed by atoms with E-state index in [9.17, 15) is 4.79 Å². The lowest BCUT2D eigenvalue weighted by Gasteiger charge is -2.33. The molecule has 20 heavy (non-hydrogen) atoms. The highest BCUT2D eigenvalue weighted by atomic mass is 35.5. The number of carbonyl (C=O) groups is 1. The van der Waals surface area contributed by atoms with Gasteiger partial charge in [-0.25, -0.2) is 0 Å². The van der Waals surface area contributed by atoms with Crippen molar-refractivity contribution in [1.29, 1.82) is 0 Å². The molecule has 7 heteroatoms. The van der Waals surface area contributed by atoms with Crippen LogP contribution in [-0.2, 0) is 7.05 Å². The Morgan fingerprint density at radius 1 is 1.55 bits per heavy atom. The van der Waals surface area contributed by atoms with Gasteiger partial charge in [0, 0.05) is 38.1 Å². The van der Waals surface area contributed by atoms with Gasteiger partial charge in [0.2, 0.25) is 0 Å². The Balaban J connectivity index is 0.00000147. The van der Waals surface area contributed by atoms with Crippen molar-refractivity contribution in [2.24, 2.45) is 7.05 Å². The zero-order valence-corrected chi connectivity index (χ0v) is 13.5. The number of piperazine rings is 1. The third-order valence-corrected chi connectivity index (χ3v) is 4.86. The van der Waals surface area contributed by atoms with Gasteiger partial charge in [-0.1, -0.05) is 0 Å². The van der Waals surface area contributed by atoms with Crippen LogP contribution in [0.5, 0.6) is 0 Å². The first-order chi connectivity index (χ1) is 9.08. The largest absolute Gasteiger partial charge is 0.333 e. The number of halogens is 1. The minimum absolute atomic E-state index is 0. The van der Waals surface area contributed by atoms with E-state index in [-0.39, 0.29) is 24.4 Å². The van der Waals surface area contributed by atoms with Crippen LogP contribution < -0.4 is 5.32 Å². The summed E-state index contributed by atoms with van der Waals surface area (Å²) in [6.45, 7) is 6.60. The molecular weight excluding hydrogens is 296 g/mol. The van der Waals surface area contributed by atoms with E-state index in [0.29, 0.717) is 0 Å². The molecule has 2 aromatic rings. The molecule has 5 nitrogen and oxygen atoms in total. The van der Waals surface area contributed by atoms with Gasteiger partial charge in [-0.2, -0.15) is 5.10 Å². The predicted octanol–water partition coefficient (Wildman–Crippen LogP) is 1.80. The highest BCUT2D eigenvalue weighted by molar-refractivity contribution is 7.20. The summed E-state index contributed by atoms with van der Waals surface area (Å²) in [5.74, 6) is 0.148. The molecule has 0 aliphatic carbocycles. The van der Waals surface area contributed by atoms with Gasteiger partial charge in [0.25, 0.3) is 5.91 Å². The summed E-state index contributed by atoms with van der Waals surface area (Å²) in [7, 11) is 1.92. The van der Waals surface area contributed by atoms with Crippen molar-refractivity contribution >= 4 is 39.9 Å². The summed E-state index contributed by atoms with van der Waals surface area (Å²) < 4.78 is 1.85. The minimum atomic E-state index is 0. The van der Waals surface area contributed by atoms with E-state index < -0.39 is 0 Å². The first-order valence-electron chi connectivity index (χ1n) is 6.52. The van der Waals surface area contributed by atoms with Crippen molar-refractivity contribution in [3.8, 4) is 0 Å². The van der Waals surface area contributed by atoms with Crippen molar-refractivity contribution in [2.75, 3.05) is 19.6 Å². The minimum Gasteiger partial charge on any atom is -0.333 e. The second kappa shape index (κ2) is 5.71. The van der Waals surface area contributed by atoms with Crippen LogP contribution in [0.1, 0.15) is 22.3 Å². The van der Waals surface area contributed by atoms with Crippen molar-refractivity contribution < 1.29 is 4.79 Å². The maximum absolute atomic E-state index is 12.6. The van der Waals surface area contributed by atoms with E-state index in [4.69, 9.17) is 0 Å². The number of nitrogens with zero attached hydrogens (tertiary/aromatic N) is 3. The normalized spacial score (nSPS) is 19.1. The Labute approximate surface area is 128 Å². The Hall–Kier alpha value is -1.11. The molecule has 1 saturated heterocycles. The number of carbonyl (C=O) groups excluding carboxylic acids is 1. The Morgan fingerprint density at radius 3 is 2.95 bits per heavy atom. The number of nitrogens with one attached hydrogen (secondary N) is 1. The number of aryl methyl sites for hydroxylation is 2. The number of fused-ring (bicyclic) bond motifs is 1. The number of hydrogen-bond acceptors (Lipinski definition) is 4. The third-order valence-electron chi connectivity index (χ3n) is 3.67. The predicted molar refractivity (Wildman–Crippen MR) is 83.9 cm³/mol. The molecule has 0 spiro atoms. The van der Waals surface area contributed by atoms with Crippen LogP contribution in [0, 0.1) is 6.92 Å². The van der Waals surface area contributed by atoms with Gasteiger partial charge in [0.05, 0.1) is 10.6 Å². The molecule has 0 radical (unpaired) electrons. The van der Waals surface area contributed by atoms with Crippen LogP contribution in [0.25, 0.3) is 10.2 Å². The maximum Gasteiger partial charge on any atom is 0.264 e. The van der Waals surface area contributed by atoms with Crippen molar-refractivity contribution in [2.45, 2.75) is 19.9 Å². The number of aromatic nitrogens is 2. The average Bonchev–Trinajstić information content (AvgIpc) is 2.92. The molecule has 3 rings (SSSR count). The molecule has 0 bridgehead atoms. The molecule has 0 aromatic carbocycles. The van der Waals surface area contributed by atoms with E-state index in [0.717, 1.165) is 40.4 Å². The monoisotopic (exact) mass is 314 g/mol. The van der Waals surface area contributed by atoms with Crippen LogP contribution >= 0.6 is 23.7 Å². The summed E-state index contributed by atoms with van der Waals surface area (Å²) >= 11 is 1.54. The fourth-order valence-corrected chi connectivity index (χ4v) is 3.67. The lowest BCUT2D eigenvalue weighted by atomic mass is 10.2. The fraction of sp³-hybridized carbons (Fsp3) is 0.538. The molecule has 2 aromatic heterocycles. The lowest BCUT2D eigenvalue weighted by Crippen LogP contribution is -2.52. The first kappa shape index (κ1) is 15.3. The molecule has 110 valence electrons. The second-order valence-corrected chi connectivity index (χ2v) is 6.12. The fourth-order valence-electron chi connectivity index (χ4n) is 2.59. The average molecular weight is 315 g/mol. The third kappa shape index (κ3) is 2.43. The lowest BCUT2D eigenvalue weighted by molar-refractivity contribution is 0.0661. The van der Waals surface area contributed by atoms with Gasteiger partial charge in [-0.15, -0.1) is 23.7 Å². The Bertz CT molecular complexity index is 601. The molecule has 1 aliphatic rings. The highest BCUT2D eigenvalue weighted by Crippen LogP contribution is 2.29. The standard InChI is InChI=1S/C13H18N4OS.ClH/c1-8-7-14-4-5-17(8)12(18)11-6-10-9(2)15-16(3)13(10)19-11;/h6,8,14H,4-5,7H2,1-3H3;1H. The van der Waals surface area contributed by atoms with Gasteiger partial charge >= 0.3 is 0 Å². The second-order valence-electron chi connectivity index (χ2n) is 5.09. The van der Waals surface area contributed by atoms with Crippen molar-refractivity contribution in [1.82, 2.24) is 20.0 Å². The van der Waals surface area contributed by atoms with Crippen molar-refractivity contribution in [3.63, 3.8) is 0 Å². The topological polar surface area (TPSA) is 50.2 Å². The highest BCUT2D eigenvalue weighted by Gasteiger charge is 2.26. The first-order valence-corrected chi connectivity index (χ1v) is 7.34. The van der Waals surface area contributed by atoms with Gasteiger partial charge in [-0.3, -0.25) is 9.48 Å². The molecule has 1 unspecified atom stereocenters. The molecule has 1 amide bonds. The van der Waals surface area contributed by atoms with E-state index in [2.05, 4.69) is 17.3 Å². The Kier molecular flexibility index (Phi) is 4.36.